The Morgan fingerprint density at radius 2 is 2.24 bits per heavy atom. The number of amides is 2. The Morgan fingerprint density at radius 1 is 1.40 bits per heavy atom. The first-order valence-electron chi connectivity index (χ1n) is 7.58. The topological polar surface area (TPSA) is 67.4 Å². The van der Waals surface area contributed by atoms with Gasteiger partial charge in [0.25, 0.3) is 0 Å². The number of anilines is 1. The van der Waals surface area contributed by atoms with Crippen molar-refractivity contribution < 1.29 is 22.7 Å². The molecule has 1 saturated heterocycles. The van der Waals surface area contributed by atoms with E-state index in [-0.39, 0.29) is 18.6 Å². The minimum atomic E-state index is -4.56. The van der Waals surface area contributed by atoms with Crippen molar-refractivity contribution in [2.24, 2.45) is 0 Å². The van der Waals surface area contributed by atoms with Crippen LogP contribution in [-0.2, 0) is 6.18 Å². The minimum absolute atomic E-state index is 0.261. The van der Waals surface area contributed by atoms with Crippen LogP contribution in [-0.4, -0.2) is 40.1 Å². The van der Waals surface area contributed by atoms with Gasteiger partial charge >= 0.3 is 18.2 Å². The van der Waals surface area contributed by atoms with E-state index in [2.05, 4.69) is 15.3 Å². The predicted octanol–water partition coefficient (Wildman–Crippen LogP) is 3.63. The molecule has 3 heterocycles. The molecule has 1 atom stereocenters. The van der Waals surface area contributed by atoms with E-state index >= 15 is 0 Å². The molecule has 2 amide bonds. The fourth-order valence-corrected chi connectivity index (χ4v) is 3.06. The molecule has 2 aromatic heterocycles. The van der Waals surface area contributed by atoms with Gasteiger partial charge in [-0.05, 0) is 36.4 Å². The molecular formula is C15H15F3N4O2S. The van der Waals surface area contributed by atoms with Gasteiger partial charge in [0.15, 0.2) is 5.69 Å². The number of hydrogen-bond acceptors (Lipinski definition) is 5. The molecule has 134 valence electrons. The van der Waals surface area contributed by atoms with Crippen molar-refractivity contribution in [2.45, 2.75) is 25.1 Å². The summed E-state index contributed by atoms with van der Waals surface area (Å²) in [5, 5.41) is 5.36. The second-order valence-electron chi connectivity index (χ2n) is 5.46. The molecule has 0 radical (unpaired) electrons. The van der Waals surface area contributed by atoms with Crippen molar-refractivity contribution >= 4 is 22.4 Å². The number of aromatic nitrogens is 2. The van der Waals surface area contributed by atoms with Gasteiger partial charge in [0.05, 0.1) is 11.5 Å². The lowest BCUT2D eigenvalue weighted by Gasteiger charge is -2.32. The van der Waals surface area contributed by atoms with Crippen LogP contribution in [0, 0.1) is 0 Å². The molecule has 3 rings (SSSR count). The van der Waals surface area contributed by atoms with Crippen LogP contribution in [0.5, 0.6) is 6.01 Å². The van der Waals surface area contributed by atoms with Gasteiger partial charge in [-0.2, -0.15) is 18.2 Å². The maximum atomic E-state index is 12.7. The van der Waals surface area contributed by atoms with Crippen LogP contribution in [0.1, 0.15) is 18.5 Å². The van der Waals surface area contributed by atoms with E-state index in [1.807, 2.05) is 11.4 Å². The van der Waals surface area contributed by atoms with Crippen molar-refractivity contribution in [2.75, 3.05) is 18.4 Å². The Kier molecular flexibility index (Phi) is 5.07. The molecule has 6 nitrogen and oxygen atoms in total. The second-order valence-corrected chi connectivity index (χ2v) is 6.41. The third-order valence-electron chi connectivity index (χ3n) is 3.61. The van der Waals surface area contributed by atoms with Crippen LogP contribution in [0.15, 0.2) is 29.8 Å². The highest BCUT2D eigenvalue weighted by Crippen LogP contribution is 2.28. The molecule has 0 spiro atoms. The summed E-state index contributed by atoms with van der Waals surface area (Å²) in [7, 11) is 0. The van der Waals surface area contributed by atoms with Gasteiger partial charge in [0, 0.05) is 12.7 Å². The highest BCUT2D eigenvalue weighted by Gasteiger charge is 2.33. The first-order valence-corrected chi connectivity index (χ1v) is 8.46. The number of piperidine rings is 1. The number of alkyl halides is 3. The Morgan fingerprint density at radius 3 is 2.96 bits per heavy atom. The zero-order valence-corrected chi connectivity index (χ0v) is 13.8. The van der Waals surface area contributed by atoms with Gasteiger partial charge in [-0.15, -0.1) is 11.3 Å². The Labute approximate surface area is 145 Å². The average Bonchev–Trinajstić information content (AvgIpc) is 3.07. The van der Waals surface area contributed by atoms with Crippen molar-refractivity contribution in [1.82, 2.24) is 14.9 Å². The Hall–Kier alpha value is -2.36. The second kappa shape index (κ2) is 7.26. The quantitative estimate of drug-likeness (QED) is 0.893. The highest BCUT2D eigenvalue weighted by atomic mass is 32.1. The van der Waals surface area contributed by atoms with Crippen LogP contribution in [0.25, 0.3) is 0 Å². The summed E-state index contributed by atoms with van der Waals surface area (Å²) in [5.41, 5.74) is -1.05. The summed E-state index contributed by atoms with van der Waals surface area (Å²) in [4.78, 5) is 20.9. The predicted molar refractivity (Wildman–Crippen MR) is 85.6 cm³/mol. The third-order valence-corrected chi connectivity index (χ3v) is 4.40. The van der Waals surface area contributed by atoms with E-state index in [9.17, 15) is 18.0 Å². The number of carbonyl (C=O) groups is 1. The molecule has 2 aromatic rings. The molecule has 0 saturated carbocycles. The third kappa shape index (κ3) is 4.59. The van der Waals surface area contributed by atoms with Crippen LogP contribution < -0.4 is 10.1 Å². The molecule has 1 aliphatic heterocycles. The van der Waals surface area contributed by atoms with Crippen LogP contribution in [0.2, 0.25) is 0 Å². The molecule has 1 N–H and O–H groups in total. The van der Waals surface area contributed by atoms with Crippen molar-refractivity contribution in [3.05, 3.63) is 35.5 Å². The summed E-state index contributed by atoms with van der Waals surface area (Å²) in [6.45, 7) is 0.817. The van der Waals surface area contributed by atoms with Crippen LogP contribution in [0.3, 0.4) is 0 Å². The van der Waals surface area contributed by atoms with Crippen molar-refractivity contribution in [1.29, 1.82) is 0 Å². The molecule has 1 fully saturated rings. The van der Waals surface area contributed by atoms with E-state index in [4.69, 9.17) is 4.74 Å². The van der Waals surface area contributed by atoms with Gasteiger partial charge in [0.2, 0.25) is 0 Å². The standard InChI is InChI=1S/C15H15F3N4O2S/c16-15(17,18)11-5-6-19-13(20-11)24-10-3-1-7-22(9-10)14(23)21-12-4-2-8-25-12/h2,4-6,8,10H,1,3,7,9H2,(H,21,23). The summed E-state index contributed by atoms with van der Waals surface area (Å²) < 4.78 is 43.5. The minimum Gasteiger partial charge on any atom is -0.458 e. The molecular weight excluding hydrogens is 357 g/mol. The van der Waals surface area contributed by atoms with E-state index in [0.29, 0.717) is 19.4 Å². The Bertz CT molecular complexity index is 724. The van der Waals surface area contributed by atoms with Crippen molar-refractivity contribution in [3.63, 3.8) is 0 Å². The molecule has 10 heteroatoms. The van der Waals surface area contributed by atoms with Crippen LogP contribution >= 0.6 is 11.3 Å². The van der Waals surface area contributed by atoms with Crippen LogP contribution in [0.4, 0.5) is 23.0 Å². The number of thiophene rings is 1. The van der Waals surface area contributed by atoms with E-state index in [0.717, 1.165) is 17.3 Å². The smallest absolute Gasteiger partial charge is 0.433 e. The molecule has 1 unspecified atom stereocenters. The van der Waals surface area contributed by atoms with Gasteiger partial charge in [-0.3, -0.25) is 5.32 Å². The maximum absolute atomic E-state index is 12.7. The number of nitrogens with zero attached hydrogens (tertiary/aromatic N) is 3. The number of ether oxygens (including phenoxy) is 1. The first-order chi connectivity index (χ1) is 11.9. The summed E-state index contributed by atoms with van der Waals surface area (Å²) in [6, 6.07) is 3.81. The van der Waals surface area contributed by atoms with Crippen molar-refractivity contribution in [3.8, 4) is 6.01 Å². The van der Waals surface area contributed by atoms with Gasteiger partial charge in [0.1, 0.15) is 6.10 Å². The van der Waals surface area contributed by atoms with Gasteiger partial charge in [-0.1, -0.05) is 0 Å². The lowest BCUT2D eigenvalue weighted by Crippen LogP contribution is -2.46. The van der Waals surface area contributed by atoms with E-state index < -0.39 is 18.0 Å². The maximum Gasteiger partial charge on any atom is 0.433 e. The zero-order chi connectivity index (χ0) is 17.9. The molecule has 0 bridgehead atoms. The first kappa shape index (κ1) is 17.5. The highest BCUT2D eigenvalue weighted by molar-refractivity contribution is 7.14. The number of likely N-dealkylation sites (tertiary alicyclic amines) is 1. The molecule has 0 aromatic carbocycles. The van der Waals surface area contributed by atoms with Gasteiger partial charge < -0.3 is 9.64 Å². The van der Waals surface area contributed by atoms with E-state index in [1.54, 1.807) is 11.0 Å². The molecule has 0 aliphatic carbocycles. The largest absolute Gasteiger partial charge is 0.458 e. The number of halogens is 3. The average molecular weight is 372 g/mol. The monoisotopic (exact) mass is 372 g/mol. The number of carbonyl (C=O) groups excluding carboxylic acids is 1. The SMILES string of the molecule is O=C(Nc1cccs1)N1CCCC(Oc2nccc(C(F)(F)F)n2)C1. The number of urea groups is 1. The lowest BCUT2D eigenvalue weighted by molar-refractivity contribution is -0.141. The number of hydrogen-bond donors (Lipinski definition) is 1. The van der Waals surface area contributed by atoms with E-state index in [1.165, 1.54) is 11.3 Å². The summed E-state index contributed by atoms with van der Waals surface area (Å²) in [6.07, 6.45) is -2.70. The number of nitrogens with one attached hydrogen (secondary N) is 1. The molecule has 25 heavy (non-hydrogen) atoms. The molecule has 1 aliphatic rings. The summed E-state index contributed by atoms with van der Waals surface area (Å²) >= 11 is 1.41. The van der Waals surface area contributed by atoms with Gasteiger partial charge in [-0.25, -0.2) is 9.78 Å². The fraction of sp³-hybridized carbons (Fsp3) is 0.400. The zero-order valence-electron chi connectivity index (χ0n) is 13.0. The summed E-state index contributed by atoms with van der Waals surface area (Å²) in [5.74, 6) is 0. The normalized spacial score (nSPS) is 18.0. The lowest BCUT2D eigenvalue weighted by atomic mass is 10.1. The fourth-order valence-electron chi connectivity index (χ4n) is 2.46. The Balaban J connectivity index is 1.61. The number of rotatable bonds is 3.